The second kappa shape index (κ2) is 4.25. The molecule has 0 fully saturated rings. The van der Waals surface area contributed by atoms with Gasteiger partial charge in [-0.15, -0.1) is 0 Å². The lowest BCUT2D eigenvalue weighted by molar-refractivity contribution is 0.752. The molecule has 1 aromatic carbocycles. The predicted molar refractivity (Wildman–Crippen MR) is 67.9 cm³/mol. The van der Waals surface area contributed by atoms with Gasteiger partial charge in [-0.1, -0.05) is 6.92 Å². The molecule has 0 radical (unpaired) electrons. The first-order valence-corrected chi connectivity index (χ1v) is 5.86. The molecule has 0 saturated heterocycles. The van der Waals surface area contributed by atoms with Gasteiger partial charge in [0.2, 0.25) is 0 Å². The molecule has 0 spiro atoms. The van der Waals surface area contributed by atoms with Gasteiger partial charge in [0.1, 0.15) is 0 Å². The van der Waals surface area contributed by atoms with Crippen LogP contribution in [-0.2, 0) is 13.5 Å². The summed E-state index contributed by atoms with van der Waals surface area (Å²) in [4.78, 5) is 4.46. The molecule has 0 bridgehead atoms. The number of benzene rings is 1. The minimum absolute atomic E-state index is 0.724. The first-order chi connectivity index (χ1) is 7.61. The van der Waals surface area contributed by atoms with Crippen molar-refractivity contribution in [1.82, 2.24) is 14.8 Å². The van der Waals surface area contributed by atoms with E-state index in [-0.39, 0.29) is 0 Å². The Kier molecular flexibility index (Phi) is 2.96. The Morgan fingerprint density at radius 2 is 2.19 bits per heavy atom. The fourth-order valence-corrected chi connectivity index (χ4v) is 1.88. The molecule has 0 aliphatic rings. The van der Waals surface area contributed by atoms with Crippen LogP contribution in [0.3, 0.4) is 0 Å². The van der Waals surface area contributed by atoms with E-state index in [9.17, 15) is 0 Å². The van der Waals surface area contributed by atoms with Gasteiger partial charge >= 0.3 is 0 Å². The number of nitrogen functional groups attached to an aromatic ring is 1. The molecule has 0 unspecified atom stereocenters. The first-order valence-electron chi connectivity index (χ1n) is 5.07. The van der Waals surface area contributed by atoms with Crippen LogP contribution in [0.25, 0.3) is 11.4 Å². The number of rotatable bonds is 2. The highest BCUT2D eigenvalue weighted by atomic mass is 79.9. The van der Waals surface area contributed by atoms with E-state index in [1.807, 2.05) is 32.2 Å². The maximum Gasteiger partial charge on any atom is 0.158 e. The lowest BCUT2D eigenvalue weighted by atomic mass is 10.2. The van der Waals surface area contributed by atoms with E-state index in [1.165, 1.54) is 0 Å². The second-order valence-electron chi connectivity index (χ2n) is 3.57. The molecule has 5 heteroatoms. The normalized spacial score (nSPS) is 10.7. The Morgan fingerprint density at radius 3 is 2.75 bits per heavy atom. The van der Waals surface area contributed by atoms with Gasteiger partial charge < -0.3 is 5.73 Å². The molecule has 2 aromatic rings. The topological polar surface area (TPSA) is 56.7 Å². The Balaban J connectivity index is 2.49. The van der Waals surface area contributed by atoms with Gasteiger partial charge in [-0.05, 0) is 34.1 Å². The number of nitrogens with zero attached hydrogens (tertiary/aromatic N) is 3. The molecule has 0 saturated carbocycles. The summed E-state index contributed by atoms with van der Waals surface area (Å²) in [6.45, 7) is 2.04. The zero-order valence-electron chi connectivity index (χ0n) is 9.24. The van der Waals surface area contributed by atoms with E-state index in [0.29, 0.717) is 0 Å². The summed E-state index contributed by atoms with van der Waals surface area (Å²) in [5.74, 6) is 1.71. The van der Waals surface area contributed by atoms with Gasteiger partial charge in [0.25, 0.3) is 0 Å². The lowest BCUT2D eigenvalue weighted by Gasteiger charge is -2.02. The fourth-order valence-electron chi connectivity index (χ4n) is 1.50. The quantitative estimate of drug-likeness (QED) is 0.860. The number of aromatic nitrogens is 3. The third-order valence-electron chi connectivity index (χ3n) is 2.38. The van der Waals surface area contributed by atoms with Gasteiger partial charge in [-0.2, -0.15) is 5.10 Å². The average Bonchev–Trinajstić information content (AvgIpc) is 2.64. The Hall–Kier alpha value is -1.36. The number of hydrogen-bond donors (Lipinski definition) is 1. The molecule has 0 amide bonds. The number of nitrogens with two attached hydrogens (primary N) is 1. The van der Waals surface area contributed by atoms with Crippen molar-refractivity contribution in [3.05, 3.63) is 28.5 Å². The van der Waals surface area contributed by atoms with E-state index in [1.54, 1.807) is 4.68 Å². The van der Waals surface area contributed by atoms with Gasteiger partial charge in [0, 0.05) is 29.2 Å². The van der Waals surface area contributed by atoms with Crippen LogP contribution in [0.15, 0.2) is 22.7 Å². The first kappa shape index (κ1) is 11.1. The molecule has 0 aliphatic heterocycles. The van der Waals surface area contributed by atoms with Crippen molar-refractivity contribution in [2.45, 2.75) is 13.3 Å². The van der Waals surface area contributed by atoms with Crippen LogP contribution in [-0.4, -0.2) is 14.8 Å². The summed E-state index contributed by atoms with van der Waals surface area (Å²) in [7, 11) is 1.89. The smallest absolute Gasteiger partial charge is 0.158 e. The Morgan fingerprint density at radius 1 is 1.44 bits per heavy atom. The van der Waals surface area contributed by atoms with Crippen molar-refractivity contribution < 1.29 is 0 Å². The highest BCUT2D eigenvalue weighted by Crippen LogP contribution is 2.26. The maximum absolute atomic E-state index is 5.75. The van der Waals surface area contributed by atoms with Crippen molar-refractivity contribution in [1.29, 1.82) is 0 Å². The molecule has 2 N–H and O–H groups in total. The summed E-state index contributed by atoms with van der Waals surface area (Å²) in [5.41, 5.74) is 7.48. The molecular weight excluding hydrogens is 268 g/mol. The summed E-state index contributed by atoms with van der Waals surface area (Å²) < 4.78 is 2.67. The molecule has 0 aliphatic carbocycles. The third kappa shape index (κ3) is 1.95. The number of aryl methyl sites for hydroxylation is 2. The summed E-state index contributed by atoms with van der Waals surface area (Å²) in [6, 6.07) is 5.77. The van der Waals surface area contributed by atoms with E-state index in [2.05, 4.69) is 26.0 Å². The van der Waals surface area contributed by atoms with Gasteiger partial charge in [-0.3, -0.25) is 0 Å². The number of halogens is 1. The van der Waals surface area contributed by atoms with Crippen LogP contribution >= 0.6 is 15.9 Å². The zero-order chi connectivity index (χ0) is 11.7. The monoisotopic (exact) mass is 280 g/mol. The molecule has 4 nitrogen and oxygen atoms in total. The van der Waals surface area contributed by atoms with Crippen molar-refractivity contribution in [3.63, 3.8) is 0 Å². The van der Waals surface area contributed by atoms with Crippen molar-refractivity contribution in [2.24, 2.45) is 7.05 Å². The second-order valence-corrected chi connectivity index (χ2v) is 4.42. The van der Waals surface area contributed by atoms with Crippen molar-refractivity contribution in [2.75, 3.05) is 5.73 Å². The standard InChI is InChI=1S/C11H13BrN4/c1-3-10-14-11(16(2)15-10)7-4-5-9(13)8(12)6-7/h4-6H,3,13H2,1-2H3. The summed E-state index contributed by atoms with van der Waals surface area (Å²) >= 11 is 3.41. The van der Waals surface area contributed by atoms with E-state index in [4.69, 9.17) is 5.73 Å². The van der Waals surface area contributed by atoms with Crippen LogP contribution in [0.2, 0.25) is 0 Å². The van der Waals surface area contributed by atoms with Crippen LogP contribution in [0.5, 0.6) is 0 Å². The highest BCUT2D eigenvalue weighted by Gasteiger charge is 2.09. The van der Waals surface area contributed by atoms with E-state index in [0.717, 1.165) is 33.8 Å². The molecular formula is C11H13BrN4. The maximum atomic E-state index is 5.75. The van der Waals surface area contributed by atoms with Crippen LogP contribution in [0, 0.1) is 0 Å². The Bertz CT molecular complexity index is 519. The van der Waals surface area contributed by atoms with Gasteiger partial charge in [0.15, 0.2) is 11.6 Å². The summed E-state index contributed by atoms with van der Waals surface area (Å²) in [6.07, 6.45) is 0.837. The van der Waals surface area contributed by atoms with Crippen LogP contribution < -0.4 is 5.73 Å². The molecule has 84 valence electrons. The van der Waals surface area contributed by atoms with Crippen molar-refractivity contribution >= 4 is 21.6 Å². The minimum Gasteiger partial charge on any atom is -0.398 e. The fraction of sp³-hybridized carbons (Fsp3) is 0.273. The number of anilines is 1. The third-order valence-corrected chi connectivity index (χ3v) is 3.07. The summed E-state index contributed by atoms with van der Waals surface area (Å²) in [5, 5.41) is 4.32. The molecule has 1 heterocycles. The largest absolute Gasteiger partial charge is 0.398 e. The molecule has 0 atom stereocenters. The molecule has 16 heavy (non-hydrogen) atoms. The van der Waals surface area contributed by atoms with E-state index < -0.39 is 0 Å². The van der Waals surface area contributed by atoms with Gasteiger partial charge in [-0.25, -0.2) is 9.67 Å². The highest BCUT2D eigenvalue weighted by molar-refractivity contribution is 9.10. The van der Waals surface area contributed by atoms with Crippen LogP contribution in [0.1, 0.15) is 12.7 Å². The van der Waals surface area contributed by atoms with Gasteiger partial charge in [0.05, 0.1) is 0 Å². The van der Waals surface area contributed by atoms with Crippen LogP contribution in [0.4, 0.5) is 5.69 Å². The SMILES string of the molecule is CCc1nc(-c2ccc(N)c(Br)c2)n(C)n1. The van der Waals surface area contributed by atoms with Crippen molar-refractivity contribution in [3.8, 4) is 11.4 Å². The average molecular weight is 281 g/mol. The van der Waals surface area contributed by atoms with E-state index >= 15 is 0 Å². The minimum atomic E-state index is 0.724. The number of hydrogen-bond acceptors (Lipinski definition) is 3. The molecule has 2 rings (SSSR count). The predicted octanol–water partition coefficient (Wildman–Crippen LogP) is 2.39. The lowest BCUT2D eigenvalue weighted by Crippen LogP contribution is -1.95. The molecule has 1 aromatic heterocycles. The Labute approximate surface area is 103 Å². The zero-order valence-corrected chi connectivity index (χ0v) is 10.8.